The van der Waals surface area contributed by atoms with Gasteiger partial charge in [0.1, 0.15) is 5.60 Å². The van der Waals surface area contributed by atoms with E-state index in [0.717, 1.165) is 91.0 Å². The van der Waals surface area contributed by atoms with Gasteiger partial charge in [0.15, 0.2) is 5.78 Å². The number of fused-ring (bicyclic) bond motifs is 4. The number of aromatic nitrogens is 1. The van der Waals surface area contributed by atoms with Crippen LogP contribution < -0.4 is 10.2 Å². The van der Waals surface area contributed by atoms with Gasteiger partial charge in [0.2, 0.25) is 5.91 Å². The molecule has 0 spiro atoms. The maximum atomic E-state index is 14.1. The Labute approximate surface area is 302 Å². The maximum Gasteiger partial charge on any atom is 0.407 e. The molecule has 2 fully saturated rings. The van der Waals surface area contributed by atoms with Crippen LogP contribution in [0, 0.1) is 16.7 Å². The molecule has 2 N–H and O–H groups in total. The van der Waals surface area contributed by atoms with Crippen LogP contribution in [-0.4, -0.2) is 90.0 Å². The number of H-pyrrole nitrogens is 1. The van der Waals surface area contributed by atoms with E-state index in [1.165, 1.54) is 0 Å². The van der Waals surface area contributed by atoms with Gasteiger partial charge >= 0.3 is 6.09 Å². The minimum Gasteiger partial charge on any atom is -0.444 e. The summed E-state index contributed by atoms with van der Waals surface area (Å²) in [6.45, 7) is 21.7. The highest BCUT2D eigenvalue weighted by molar-refractivity contribution is 6.20. The highest BCUT2D eigenvalue weighted by Crippen LogP contribution is 2.46. The first-order valence-electron chi connectivity index (χ1n) is 18.6. The van der Waals surface area contributed by atoms with Crippen molar-refractivity contribution < 1.29 is 19.1 Å². The summed E-state index contributed by atoms with van der Waals surface area (Å²) in [5, 5.41) is 13.4. The molecule has 6 rings (SSSR count). The fraction of sp³-hybridized carbons (Fsp3) is 0.561. The lowest BCUT2D eigenvalue weighted by Crippen LogP contribution is -2.57. The Kier molecular flexibility index (Phi) is 9.75. The molecule has 10 heteroatoms. The molecule has 0 bridgehead atoms. The van der Waals surface area contributed by atoms with E-state index >= 15 is 0 Å². The van der Waals surface area contributed by atoms with Gasteiger partial charge < -0.3 is 29.7 Å². The van der Waals surface area contributed by atoms with Crippen LogP contribution in [0.15, 0.2) is 30.3 Å². The number of amides is 2. The van der Waals surface area contributed by atoms with Crippen LogP contribution in [0.2, 0.25) is 0 Å². The minimum absolute atomic E-state index is 0.0210. The third-order valence-corrected chi connectivity index (χ3v) is 11.3. The predicted octanol–water partition coefficient (Wildman–Crippen LogP) is 6.53. The lowest BCUT2D eigenvalue weighted by atomic mass is 9.70. The summed E-state index contributed by atoms with van der Waals surface area (Å²) in [6, 6.07) is 12.0. The van der Waals surface area contributed by atoms with Gasteiger partial charge in [0.05, 0.1) is 23.2 Å². The number of carbonyl (C=O) groups excluding carboxylic acids is 3. The van der Waals surface area contributed by atoms with Gasteiger partial charge in [-0.25, -0.2) is 4.79 Å². The molecule has 272 valence electrons. The van der Waals surface area contributed by atoms with Gasteiger partial charge in [-0.2, -0.15) is 5.26 Å². The average Bonchev–Trinajstić information content (AvgIpc) is 3.47. The number of rotatable bonds is 7. The minimum atomic E-state index is -0.542. The molecule has 1 aromatic heterocycles. The van der Waals surface area contributed by atoms with Crippen molar-refractivity contribution in [2.75, 3.05) is 50.7 Å². The normalized spacial score (nSPS) is 20.1. The number of likely N-dealkylation sites (tertiary alicyclic amines) is 1. The van der Waals surface area contributed by atoms with Crippen LogP contribution in [0.4, 0.5) is 10.5 Å². The molecule has 0 radical (unpaired) electrons. The van der Waals surface area contributed by atoms with Gasteiger partial charge in [0, 0.05) is 72.4 Å². The number of carbonyl (C=O) groups is 3. The molecule has 51 heavy (non-hydrogen) atoms. The topological polar surface area (TPSA) is 122 Å². The Morgan fingerprint density at radius 3 is 2.45 bits per heavy atom. The zero-order valence-corrected chi connectivity index (χ0v) is 31.7. The number of aromatic amines is 1. The smallest absolute Gasteiger partial charge is 0.407 e. The summed E-state index contributed by atoms with van der Waals surface area (Å²) >= 11 is 0. The fourth-order valence-electron chi connectivity index (χ4n) is 8.08. The van der Waals surface area contributed by atoms with Crippen molar-refractivity contribution in [2.45, 2.75) is 98.1 Å². The number of nitriles is 1. The van der Waals surface area contributed by atoms with Crippen LogP contribution in [-0.2, 0) is 21.4 Å². The molecule has 3 aromatic rings. The van der Waals surface area contributed by atoms with Crippen molar-refractivity contribution in [1.82, 2.24) is 20.1 Å². The zero-order chi connectivity index (χ0) is 36.9. The van der Waals surface area contributed by atoms with Crippen LogP contribution in [0.5, 0.6) is 0 Å². The molecule has 1 unspecified atom stereocenters. The first-order chi connectivity index (χ1) is 24.0. The number of anilines is 1. The number of ketones is 1. The summed E-state index contributed by atoms with van der Waals surface area (Å²) in [4.78, 5) is 50.1. The van der Waals surface area contributed by atoms with Gasteiger partial charge in [0.25, 0.3) is 0 Å². The van der Waals surface area contributed by atoms with Crippen molar-refractivity contribution >= 4 is 34.4 Å². The van der Waals surface area contributed by atoms with E-state index in [9.17, 15) is 19.6 Å². The molecule has 2 aromatic carbocycles. The number of nitrogens with zero attached hydrogens (tertiary/aromatic N) is 4. The largest absolute Gasteiger partial charge is 0.444 e. The second-order valence-electron chi connectivity index (χ2n) is 16.8. The molecule has 2 aliphatic heterocycles. The molecule has 0 saturated carbocycles. The number of benzene rings is 2. The highest BCUT2D eigenvalue weighted by atomic mass is 16.6. The second kappa shape index (κ2) is 13.6. The number of nitrogens with one attached hydrogen (secondary N) is 2. The monoisotopic (exact) mass is 694 g/mol. The molecule has 1 aliphatic carbocycles. The van der Waals surface area contributed by atoms with E-state index in [2.05, 4.69) is 72.9 Å². The molecular formula is C41H54N6O4. The van der Waals surface area contributed by atoms with E-state index in [-0.39, 0.29) is 29.2 Å². The summed E-state index contributed by atoms with van der Waals surface area (Å²) in [6.07, 6.45) is 2.66. The van der Waals surface area contributed by atoms with Crippen molar-refractivity contribution in [3.05, 3.63) is 63.8 Å². The lowest BCUT2D eigenvalue weighted by Gasteiger charge is -2.44. The summed E-state index contributed by atoms with van der Waals surface area (Å²) in [7, 11) is 0. The Bertz CT molecular complexity index is 1890. The van der Waals surface area contributed by atoms with E-state index in [0.29, 0.717) is 30.6 Å². The maximum absolute atomic E-state index is 14.1. The van der Waals surface area contributed by atoms with Gasteiger partial charge in [-0.3, -0.25) is 9.59 Å². The third kappa shape index (κ3) is 7.23. The number of hydrogen-bond acceptors (Lipinski definition) is 7. The van der Waals surface area contributed by atoms with Crippen LogP contribution in [0.25, 0.3) is 10.9 Å². The van der Waals surface area contributed by atoms with Crippen LogP contribution in [0.3, 0.4) is 0 Å². The SMILES string of the molecule is CCc1cc2c(cc1N1CCN(C(=O)CCCN3CCC(C)(C)C(NC(=O)OC(C)(C)C)C3)CC1)C(C)(C)c1[nH]c3cc(C#N)ccc3c1C2=O. The molecule has 3 heterocycles. The average molecular weight is 695 g/mol. The molecule has 1 atom stereocenters. The predicted molar refractivity (Wildman–Crippen MR) is 200 cm³/mol. The standard InChI is InChI=1S/C41H54N6O4/c1-9-27-22-29-30(41(7,8)37-35(36(29)49)28-13-12-26(24-42)21-31(28)43-37)23-32(27)46-17-19-47(20-18-46)34(48)11-10-15-45-16-14-40(5,6)33(25-45)44-38(50)51-39(2,3)4/h12-13,21-23,33,43H,9-11,14-20,25H2,1-8H3,(H,44,50). The third-order valence-electron chi connectivity index (χ3n) is 11.3. The van der Waals surface area contributed by atoms with Crippen LogP contribution in [0.1, 0.15) is 113 Å². The number of hydrogen-bond donors (Lipinski definition) is 2. The number of piperidine rings is 1. The van der Waals surface area contributed by atoms with Crippen molar-refractivity contribution in [2.24, 2.45) is 5.41 Å². The fourth-order valence-corrected chi connectivity index (χ4v) is 8.08. The summed E-state index contributed by atoms with van der Waals surface area (Å²) < 4.78 is 5.52. The lowest BCUT2D eigenvalue weighted by molar-refractivity contribution is -0.131. The van der Waals surface area contributed by atoms with Crippen molar-refractivity contribution in [3.8, 4) is 6.07 Å². The van der Waals surface area contributed by atoms with Gasteiger partial charge in [-0.15, -0.1) is 0 Å². The van der Waals surface area contributed by atoms with E-state index in [1.54, 1.807) is 6.07 Å². The molecule has 3 aliphatic rings. The number of aryl methyl sites for hydroxylation is 1. The Morgan fingerprint density at radius 1 is 1.06 bits per heavy atom. The van der Waals surface area contributed by atoms with Gasteiger partial charge in [-0.05, 0) is 93.9 Å². The van der Waals surface area contributed by atoms with E-state index in [1.807, 2.05) is 37.8 Å². The summed E-state index contributed by atoms with van der Waals surface area (Å²) in [5.41, 5.74) is 5.96. The molecular weight excluding hydrogens is 640 g/mol. The zero-order valence-electron chi connectivity index (χ0n) is 31.7. The van der Waals surface area contributed by atoms with E-state index in [4.69, 9.17) is 4.74 Å². The highest BCUT2D eigenvalue weighted by Gasteiger charge is 2.41. The van der Waals surface area contributed by atoms with Gasteiger partial charge in [-0.1, -0.05) is 40.7 Å². The van der Waals surface area contributed by atoms with Crippen molar-refractivity contribution in [1.29, 1.82) is 5.26 Å². The number of alkyl carbamates (subject to hydrolysis) is 1. The Hall–Kier alpha value is -4.36. The van der Waals surface area contributed by atoms with E-state index < -0.39 is 11.0 Å². The number of ether oxygens (including phenoxy) is 1. The first-order valence-corrected chi connectivity index (χ1v) is 18.6. The second-order valence-corrected chi connectivity index (χ2v) is 16.8. The molecule has 10 nitrogen and oxygen atoms in total. The molecule has 2 amide bonds. The van der Waals surface area contributed by atoms with Crippen molar-refractivity contribution in [3.63, 3.8) is 0 Å². The Balaban J connectivity index is 1.07. The Morgan fingerprint density at radius 2 is 1.78 bits per heavy atom. The quantitative estimate of drug-likeness (QED) is 0.289. The first kappa shape index (κ1) is 36.4. The summed E-state index contributed by atoms with van der Waals surface area (Å²) in [5.74, 6) is 0.212. The molecule has 2 saturated heterocycles. The number of piperazine rings is 1. The van der Waals surface area contributed by atoms with Crippen LogP contribution >= 0.6 is 0 Å².